The number of nitrogens with zero attached hydrogens (tertiary/aromatic N) is 2. The first kappa shape index (κ1) is 16.5. The number of rotatable bonds is 3. The summed E-state index contributed by atoms with van der Waals surface area (Å²) in [5, 5.41) is 3.85. The van der Waals surface area contributed by atoms with Gasteiger partial charge in [0.15, 0.2) is 11.5 Å². The summed E-state index contributed by atoms with van der Waals surface area (Å²) in [4.78, 5) is 14.5. The van der Waals surface area contributed by atoms with Crippen molar-refractivity contribution < 1.29 is 13.7 Å². The van der Waals surface area contributed by atoms with Gasteiger partial charge in [-0.3, -0.25) is 4.79 Å². The van der Waals surface area contributed by atoms with E-state index in [0.29, 0.717) is 24.6 Å². The van der Waals surface area contributed by atoms with Crippen molar-refractivity contribution in [1.82, 2.24) is 10.1 Å². The quantitative estimate of drug-likeness (QED) is 0.699. The van der Waals surface area contributed by atoms with E-state index in [0.717, 1.165) is 12.8 Å². The van der Waals surface area contributed by atoms with Crippen LogP contribution in [0.15, 0.2) is 65.2 Å². The third kappa shape index (κ3) is 3.25. The second kappa shape index (κ2) is 7.12. The molecule has 1 aromatic heterocycles. The Hall–Kier alpha value is -2.95. The van der Waals surface area contributed by atoms with Gasteiger partial charge in [0.05, 0.1) is 5.56 Å². The summed E-state index contributed by atoms with van der Waals surface area (Å²) in [6.07, 6.45) is 1.85. The third-order valence-corrected chi connectivity index (χ3v) is 4.92. The fraction of sp³-hybridized carbons (Fsp3) is 0.238. The Bertz CT molecular complexity index is 899. The maximum atomic E-state index is 13.9. The van der Waals surface area contributed by atoms with Crippen LogP contribution in [0.5, 0.6) is 0 Å². The van der Waals surface area contributed by atoms with Crippen LogP contribution < -0.4 is 0 Å². The topological polar surface area (TPSA) is 46.3 Å². The molecule has 0 unspecified atom stereocenters. The van der Waals surface area contributed by atoms with Crippen LogP contribution >= 0.6 is 0 Å². The predicted molar refractivity (Wildman–Crippen MR) is 96.2 cm³/mol. The minimum atomic E-state index is -0.397. The van der Waals surface area contributed by atoms with Gasteiger partial charge in [-0.1, -0.05) is 47.6 Å². The minimum Gasteiger partial charge on any atom is -0.355 e. The molecule has 1 aliphatic heterocycles. The lowest BCUT2D eigenvalue weighted by Crippen LogP contribution is -2.38. The van der Waals surface area contributed by atoms with Crippen molar-refractivity contribution >= 4 is 5.91 Å². The van der Waals surface area contributed by atoms with Crippen molar-refractivity contribution in [2.24, 2.45) is 0 Å². The Morgan fingerprint density at radius 2 is 1.73 bits per heavy atom. The molecule has 0 atom stereocenters. The zero-order valence-electron chi connectivity index (χ0n) is 14.3. The largest absolute Gasteiger partial charge is 0.355 e. The number of carbonyl (C=O) groups excluding carboxylic acids is 1. The summed E-state index contributed by atoms with van der Waals surface area (Å²) in [5.41, 5.74) is 1.85. The molecule has 5 heteroatoms. The molecule has 0 aliphatic carbocycles. The average molecular weight is 350 g/mol. The molecule has 1 saturated heterocycles. The van der Waals surface area contributed by atoms with E-state index < -0.39 is 5.82 Å². The standard InChI is InChI=1S/C21H19FN2O2/c22-18-9-5-4-8-17(18)20-14-19(23-26-20)21(25)24-12-10-16(11-13-24)15-6-2-1-3-7-15/h1-9,14,16H,10-13H2. The van der Waals surface area contributed by atoms with Gasteiger partial charge in [-0.15, -0.1) is 0 Å². The molecule has 0 N–H and O–H groups in total. The highest BCUT2D eigenvalue weighted by Crippen LogP contribution is 2.29. The first-order valence-electron chi connectivity index (χ1n) is 8.78. The SMILES string of the molecule is O=C(c1cc(-c2ccccc2F)on1)N1CCC(c2ccccc2)CC1. The second-order valence-electron chi connectivity index (χ2n) is 6.53. The number of piperidine rings is 1. The van der Waals surface area contributed by atoms with E-state index in [1.807, 2.05) is 18.2 Å². The highest BCUT2D eigenvalue weighted by Gasteiger charge is 2.26. The van der Waals surface area contributed by atoms with Crippen LogP contribution in [-0.2, 0) is 0 Å². The van der Waals surface area contributed by atoms with Crippen LogP contribution in [0.4, 0.5) is 4.39 Å². The number of aromatic nitrogens is 1. The van der Waals surface area contributed by atoms with E-state index in [4.69, 9.17) is 4.52 Å². The minimum absolute atomic E-state index is 0.164. The molecule has 4 nitrogen and oxygen atoms in total. The Morgan fingerprint density at radius 1 is 1.04 bits per heavy atom. The molecule has 0 saturated carbocycles. The second-order valence-corrected chi connectivity index (χ2v) is 6.53. The summed E-state index contributed by atoms with van der Waals surface area (Å²) < 4.78 is 19.1. The molecular formula is C21H19FN2O2. The zero-order chi connectivity index (χ0) is 17.9. The van der Waals surface area contributed by atoms with Gasteiger partial charge in [0.2, 0.25) is 0 Å². The lowest BCUT2D eigenvalue weighted by atomic mass is 9.89. The van der Waals surface area contributed by atoms with Crippen LogP contribution in [0.3, 0.4) is 0 Å². The molecule has 26 heavy (non-hydrogen) atoms. The monoisotopic (exact) mass is 350 g/mol. The molecule has 2 aromatic carbocycles. The van der Waals surface area contributed by atoms with Gasteiger partial charge in [0.25, 0.3) is 5.91 Å². The highest BCUT2D eigenvalue weighted by atomic mass is 19.1. The molecule has 1 fully saturated rings. The fourth-order valence-corrected chi connectivity index (χ4v) is 3.47. The van der Waals surface area contributed by atoms with E-state index in [2.05, 4.69) is 17.3 Å². The first-order chi connectivity index (χ1) is 12.7. The number of likely N-dealkylation sites (tertiary alicyclic amines) is 1. The Kier molecular flexibility index (Phi) is 4.52. The van der Waals surface area contributed by atoms with Gasteiger partial charge in [-0.25, -0.2) is 4.39 Å². The molecule has 0 radical (unpaired) electrons. The summed E-state index contributed by atoms with van der Waals surface area (Å²) in [6.45, 7) is 1.36. The Balaban J connectivity index is 1.44. The maximum Gasteiger partial charge on any atom is 0.276 e. The van der Waals surface area contributed by atoms with Gasteiger partial charge in [-0.05, 0) is 36.5 Å². The highest BCUT2D eigenvalue weighted by molar-refractivity contribution is 5.93. The van der Waals surface area contributed by atoms with Gasteiger partial charge in [-0.2, -0.15) is 0 Å². The van der Waals surface area contributed by atoms with E-state index in [1.54, 1.807) is 23.1 Å². The molecule has 1 aliphatic rings. The van der Waals surface area contributed by atoms with E-state index >= 15 is 0 Å². The smallest absolute Gasteiger partial charge is 0.276 e. The van der Waals surface area contributed by atoms with Crippen LogP contribution in [0.1, 0.15) is 34.8 Å². The number of hydrogen-bond acceptors (Lipinski definition) is 3. The molecule has 0 spiro atoms. The van der Waals surface area contributed by atoms with E-state index in [9.17, 15) is 9.18 Å². The normalized spacial score (nSPS) is 15.2. The molecular weight excluding hydrogens is 331 g/mol. The van der Waals surface area contributed by atoms with Crippen molar-refractivity contribution in [3.63, 3.8) is 0 Å². The molecule has 3 aromatic rings. The molecule has 132 valence electrons. The van der Waals surface area contributed by atoms with Crippen molar-refractivity contribution in [2.75, 3.05) is 13.1 Å². The van der Waals surface area contributed by atoms with Gasteiger partial charge in [0.1, 0.15) is 5.82 Å². The number of carbonyl (C=O) groups is 1. The van der Waals surface area contributed by atoms with Crippen molar-refractivity contribution in [3.05, 3.63) is 77.7 Å². The van der Waals surface area contributed by atoms with Gasteiger partial charge in [0, 0.05) is 19.2 Å². The van der Waals surface area contributed by atoms with E-state index in [-0.39, 0.29) is 17.4 Å². The number of amides is 1. The summed E-state index contributed by atoms with van der Waals surface area (Å²) in [6, 6.07) is 18.2. The first-order valence-corrected chi connectivity index (χ1v) is 8.78. The predicted octanol–water partition coefficient (Wildman–Crippen LogP) is 4.50. The summed E-state index contributed by atoms with van der Waals surface area (Å²) in [5.74, 6) is 0.186. The molecule has 2 heterocycles. The van der Waals surface area contributed by atoms with Crippen molar-refractivity contribution in [3.8, 4) is 11.3 Å². The lowest BCUT2D eigenvalue weighted by Gasteiger charge is -2.31. The molecule has 1 amide bonds. The third-order valence-electron chi connectivity index (χ3n) is 4.92. The fourth-order valence-electron chi connectivity index (χ4n) is 3.47. The van der Waals surface area contributed by atoms with Crippen LogP contribution in [-0.4, -0.2) is 29.1 Å². The van der Waals surface area contributed by atoms with E-state index in [1.165, 1.54) is 17.7 Å². The maximum absolute atomic E-state index is 13.9. The van der Waals surface area contributed by atoms with Crippen molar-refractivity contribution in [2.45, 2.75) is 18.8 Å². The number of halogens is 1. The molecule has 0 bridgehead atoms. The molecule has 4 rings (SSSR count). The summed E-state index contributed by atoms with van der Waals surface area (Å²) in [7, 11) is 0. The Labute approximate surface area is 151 Å². The van der Waals surface area contributed by atoms with Crippen LogP contribution in [0, 0.1) is 5.82 Å². The van der Waals surface area contributed by atoms with Gasteiger partial charge >= 0.3 is 0 Å². The Morgan fingerprint density at radius 3 is 2.46 bits per heavy atom. The van der Waals surface area contributed by atoms with Gasteiger partial charge < -0.3 is 9.42 Å². The lowest BCUT2D eigenvalue weighted by molar-refractivity contribution is 0.0702. The summed E-state index contributed by atoms with van der Waals surface area (Å²) >= 11 is 0. The number of benzene rings is 2. The van der Waals surface area contributed by atoms with Crippen molar-refractivity contribution in [1.29, 1.82) is 0 Å². The van der Waals surface area contributed by atoms with Crippen LogP contribution in [0.2, 0.25) is 0 Å². The average Bonchev–Trinajstić information content (AvgIpc) is 3.18. The van der Waals surface area contributed by atoms with Crippen LogP contribution in [0.25, 0.3) is 11.3 Å². The zero-order valence-corrected chi connectivity index (χ0v) is 14.3. The number of hydrogen-bond donors (Lipinski definition) is 0.